The number of nitrogens with zero attached hydrogens (tertiary/aromatic N) is 1. The molecule has 1 saturated heterocycles. The maximum atomic E-state index is 13.4. The summed E-state index contributed by atoms with van der Waals surface area (Å²) in [5.74, 6) is -2.72. The SMILES string of the molecule is CC(C)(C)C(=N)CC(=O)NC(=O)C1CCCN1Cc1ccc(F)c(F)c1. The van der Waals surface area contributed by atoms with Gasteiger partial charge in [-0.2, -0.15) is 0 Å². The zero-order chi connectivity index (χ0) is 19.5. The molecular formula is C19H25F2N3O2. The van der Waals surface area contributed by atoms with Gasteiger partial charge in [-0.1, -0.05) is 26.8 Å². The molecule has 0 radical (unpaired) electrons. The molecule has 1 atom stereocenters. The summed E-state index contributed by atoms with van der Waals surface area (Å²) < 4.78 is 26.4. The van der Waals surface area contributed by atoms with Crippen molar-refractivity contribution in [1.29, 1.82) is 5.41 Å². The van der Waals surface area contributed by atoms with Crippen molar-refractivity contribution in [3.05, 3.63) is 35.4 Å². The monoisotopic (exact) mass is 365 g/mol. The highest BCUT2D eigenvalue weighted by atomic mass is 19.2. The Morgan fingerprint density at radius 1 is 1.27 bits per heavy atom. The third kappa shape index (κ3) is 5.17. The van der Waals surface area contributed by atoms with Crippen LogP contribution in [0, 0.1) is 22.5 Å². The second-order valence-electron chi connectivity index (χ2n) is 7.69. The molecule has 26 heavy (non-hydrogen) atoms. The Hall–Kier alpha value is -2.15. The minimum Gasteiger partial charge on any atom is -0.309 e. The minimum atomic E-state index is -0.918. The van der Waals surface area contributed by atoms with Gasteiger partial charge in [0.2, 0.25) is 11.8 Å². The van der Waals surface area contributed by atoms with E-state index in [-0.39, 0.29) is 12.1 Å². The molecule has 1 aliphatic rings. The number of nitrogens with one attached hydrogen (secondary N) is 2. The zero-order valence-corrected chi connectivity index (χ0v) is 15.4. The predicted molar refractivity (Wildman–Crippen MR) is 94.7 cm³/mol. The Morgan fingerprint density at radius 3 is 2.58 bits per heavy atom. The van der Waals surface area contributed by atoms with E-state index in [2.05, 4.69) is 5.32 Å². The largest absolute Gasteiger partial charge is 0.309 e. The van der Waals surface area contributed by atoms with Crippen LogP contribution in [0.4, 0.5) is 8.78 Å². The second kappa shape index (κ2) is 8.03. The van der Waals surface area contributed by atoms with E-state index in [1.807, 2.05) is 25.7 Å². The van der Waals surface area contributed by atoms with Crippen LogP contribution in [-0.4, -0.2) is 35.0 Å². The molecule has 0 spiro atoms. The topological polar surface area (TPSA) is 73.3 Å². The third-order valence-corrected chi connectivity index (χ3v) is 4.54. The summed E-state index contributed by atoms with van der Waals surface area (Å²) >= 11 is 0. The molecule has 1 unspecified atom stereocenters. The molecular weight excluding hydrogens is 340 g/mol. The summed E-state index contributed by atoms with van der Waals surface area (Å²) in [6.07, 6.45) is 1.26. The van der Waals surface area contributed by atoms with E-state index in [4.69, 9.17) is 5.41 Å². The van der Waals surface area contributed by atoms with Gasteiger partial charge in [0.25, 0.3) is 0 Å². The van der Waals surface area contributed by atoms with Crippen molar-refractivity contribution in [3.8, 4) is 0 Å². The molecule has 2 amide bonds. The number of carbonyl (C=O) groups is 2. The summed E-state index contributed by atoms with van der Waals surface area (Å²) in [4.78, 5) is 26.3. The van der Waals surface area contributed by atoms with Crippen molar-refractivity contribution < 1.29 is 18.4 Å². The summed E-state index contributed by atoms with van der Waals surface area (Å²) in [5, 5.41) is 10.3. The highest BCUT2D eigenvalue weighted by Crippen LogP contribution is 2.21. The van der Waals surface area contributed by atoms with Crippen molar-refractivity contribution >= 4 is 17.5 Å². The number of imide groups is 1. The fourth-order valence-corrected chi connectivity index (χ4v) is 2.88. The van der Waals surface area contributed by atoms with Crippen LogP contribution in [0.15, 0.2) is 18.2 Å². The van der Waals surface area contributed by atoms with E-state index in [9.17, 15) is 18.4 Å². The van der Waals surface area contributed by atoms with Crippen molar-refractivity contribution in [2.24, 2.45) is 5.41 Å². The van der Waals surface area contributed by atoms with Crippen molar-refractivity contribution in [1.82, 2.24) is 10.2 Å². The fraction of sp³-hybridized carbons (Fsp3) is 0.526. The Labute approximate surface area is 152 Å². The molecule has 1 aliphatic heterocycles. The van der Waals surface area contributed by atoms with Gasteiger partial charge < -0.3 is 5.41 Å². The van der Waals surface area contributed by atoms with Gasteiger partial charge in [0.15, 0.2) is 11.6 Å². The van der Waals surface area contributed by atoms with Crippen LogP contribution in [0.1, 0.15) is 45.6 Å². The van der Waals surface area contributed by atoms with Crippen LogP contribution < -0.4 is 5.32 Å². The Kier molecular flexibility index (Phi) is 6.23. The van der Waals surface area contributed by atoms with E-state index >= 15 is 0 Å². The van der Waals surface area contributed by atoms with Gasteiger partial charge in [-0.05, 0) is 37.1 Å². The average molecular weight is 365 g/mol. The predicted octanol–water partition coefficient (Wildman–Crippen LogP) is 3.03. The lowest BCUT2D eigenvalue weighted by molar-refractivity contribution is -0.132. The van der Waals surface area contributed by atoms with Gasteiger partial charge in [0.1, 0.15) is 0 Å². The first kappa shape index (κ1) is 20.2. The van der Waals surface area contributed by atoms with Crippen LogP contribution in [0.25, 0.3) is 0 Å². The lowest BCUT2D eigenvalue weighted by atomic mass is 9.88. The minimum absolute atomic E-state index is 0.120. The van der Waals surface area contributed by atoms with Gasteiger partial charge in [-0.3, -0.25) is 19.8 Å². The lowest BCUT2D eigenvalue weighted by Crippen LogP contribution is -2.45. The van der Waals surface area contributed by atoms with Crippen LogP contribution in [0.2, 0.25) is 0 Å². The molecule has 0 aromatic heterocycles. The first-order valence-electron chi connectivity index (χ1n) is 8.67. The van der Waals surface area contributed by atoms with Crippen molar-refractivity contribution in [3.63, 3.8) is 0 Å². The van der Waals surface area contributed by atoms with Crippen LogP contribution in [0.3, 0.4) is 0 Å². The van der Waals surface area contributed by atoms with E-state index in [1.165, 1.54) is 6.07 Å². The molecule has 1 fully saturated rings. The maximum Gasteiger partial charge on any atom is 0.243 e. The third-order valence-electron chi connectivity index (χ3n) is 4.54. The Balaban J connectivity index is 1.96. The van der Waals surface area contributed by atoms with E-state index in [0.717, 1.165) is 18.6 Å². The molecule has 2 rings (SSSR count). The maximum absolute atomic E-state index is 13.4. The quantitative estimate of drug-likeness (QED) is 0.788. The highest BCUT2D eigenvalue weighted by molar-refractivity contribution is 6.07. The average Bonchev–Trinajstić information content (AvgIpc) is 2.98. The number of hydrogen-bond acceptors (Lipinski definition) is 4. The molecule has 1 aromatic carbocycles. The van der Waals surface area contributed by atoms with E-state index < -0.39 is 34.9 Å². The number of likely N-dealkylation sites (tertiary alicyclic amines) is 1. The van der Waals surface area contributed by atoms with E-state index in [0.29, 0.717) is 25.1 Å². The van der Waals surface area contributed by atoms with Crippen molar-refractivity contribution in [2.75, 3.05) is 6.54 Å². The van der Waals surface area contributed by atoms with Crippen LogP contribution in [-0.2, 0) is 16.1 Å². The van der Waals surface area contributed by atoms with Crippen LogP contribution in [0.5, 0.6) is 0 Å². The summed E-state index contributed by atoms with van der Waals surface area (Å²) in [6, 6.07) is 3.19. The number of carbonyl (C=O) groups excluding carboxylic acids is 2. The Bertz CT molecular complexity index is 713. The molecule has 7 heteroatoms. The summed E-state index contributed by atoms with van der Waals surface area (Å²) in [7, 11) is 0. The van der Waals surface area contributed by atoms with Gasteiger partial charge in [-0.25, -0.2) is 8.78 Å². The smallest absolute Gasteiger partial charge is 0.243 e. The molecule has 1 heterocycles. The first-order valence-corrected chi connectivity index (χ1v) is 8.67. The normalized spacial score (nSPS) is 18.0. The summed E-state index contributed by atoms with van der Waals surface area (Å²) in [6.45, 7) is 6.46. The van der Waals surface area contributed by atoms with E-state index in [1.54, 1.807) is 0 Å². The standard InChI is InChI=1S/C19H25F2N3O2/c1-19(2,3)16(22)10-17(25)23-18(26)15-5-4-8-24(15)11-12-6-7-13(20)14(21)9-12/h6-7,9,15,22H,4-5,8,10-11H2,1-3H3,(H,23,25,26). The molecule has 2 N–H and O–H groups in total. The van der Waals surface area contributed by atoms with Gasteiger partial charge in [-0.15, -0.1) is 0 Å². The van der Waals surface area contributed by atoms with Gasteiger partial charge in [0, 0.05) is 17.7 Å². The highest BCUT2D eigenvalue weighted by Gasteiger charge is 2.32. The zero-order valence-electron chi connectivity index (χ0n) is 15.4. The number of benzene rings is 1. The first-order chi connectivity index (χ1) is 12.1. The number of hydrogen-bond donors (Lipinski definition) is 2. The molecule has 1 aromatic rings. The lowest BCUT2D eigenvalue weighted by Gasteiger charge is -2.24. The summed E-state index contributed by atoms with van der Waals surface area (Å²) in [5.41, 5.74) is 0.407. The van der Waals surface area contributed by atoms with Gasteiger partial charge >= 0.3 is 0 Å². The molecule has 0 saturated carbocycles. The molecule has 0 bridgehead atoms. The number of rotatable bonds is 5. The van der Waals surface area contributed by atoms with Crippen molar-refractivity contribution in [2.45, 2.75) is 52.6 Å². The van der Waals surface area contributed by atoms with Gasteiger partial charge in [0.05, 0.1) is 12.5 Å². The Morgan fingerprint density at radius 2 is 1.96 bits per heavy atom. The molecule has 142 valence electrons. The molecule has 0 aliphatic carbocycles. The molecule has 5 nitrogen and oxygen atoms in total. The fourth-order valence-electron chi connectivity index (χ4n) is 2.88. The number of halogens is 2. The number of amides is 2. The van der Waals surface area contributed by atoms with Crippen LogP contribution >= 0.6 is 0 Å². The second-order valence-corrected chi connectivity index (χ2v) is 7.69.